The molecule has 0 saturated heterocycles. The number of urea groups is 1. The maximum Gasteiger partial charge on any atom is 0.319 e. The topological polar surface area (TPSA) is 98.8 Å². The standard InChI is InChI=1S/C24H26N4O4/c1-27(2)18-5-3-4-17(11-18)26-24(32)25-13-15-6-7-16-14-28(23(31)20(16)10-15)21-9-8-19(29)12-22(21)30/h3-7,10-11,21H,8-9,12-14H2,1-2H3,(H2,25,26,32). The molecule has 1 aliphatic heterocycles. The van der Waals surface area contributed by atoms with Crippen molar-refractivity contribution in [2.24, 2.45) is 0 Å². The van der Waals surface area contributed by atoms with E-state index in [0.29, 0.717) is 30.6 Å². The number of amides is 3. The first-order valence-corrected chi connectivity index (χ1v) is 10.6. The van der Waals surface area contributed by atoms with Gasteiger partial charge in [0.05, 0.1) is 12.5 Å². The van der Waals surface area contributed by atoms with Gasteiger partial charge in [0.2, 0.25) is 0 Å². The van der Waals surface area contributed by atoms with Crippen molar-refractivity contribution in [3.63, 3.8) is 0 Å². The van der Waals surface area contributed by atoms with E-state index in [-0.39, 0.29) is 36.5 Å². The zero-order valence-electron chi connectivity index (χ0n) is 18.2. The Balaban J connectivity index is 1.37. The molecule has 32 heavy (non-hydrogen) atoms. The summed E-state index contributed by atoms with van der Waals surface area (Å²) in [5.74, 6) is -0.436. The molecule has 2 aromatic rings. The van der Waals surface area contributed by atoms with E-state index in [9.17, 15) is 19.2 Å². The van der Waals surface area contributed by atoms with Crippen LogP contribution in [0.4, 0.5) is 16.2 Å². The fraction of sp³-hybridized carbons (Fsp3) is 0.333. The van der Waals surface area contributed by atoms with Gasteiger partial charge in [0.15, 0.2) is 5.78 Å². The summed E-state index contributed by atoms with van der Waals surface area (Å²) in [6.07, 6.45) is 0.631. The minimum Gasteiger partial charge on any atom is -0.378 e. The Morgan fingerprint density at radius 3 is 2.69 bits per heavy atom. The normalized spacial score (nSPS) is 17.9. The fourth-order valence-electron chi connectivity index (χ4n) is 4.14. The Kier molecular flexibility index (Phi) is 5.94. The van der Waals surface area contributed by atoms with Crippen molar-refractivity contribution in [1.29, 1.82) is 0 Å². The van der Waals surface area contributed by atoms with E-state index < -0.39 is 6.04 Å². The van der Waals surface area contributed by atoms with Gasteiger partial charge >= 0.3 is 6.03 Å². The quantitative estimate of drug-likeness (QED) is 0.705. The third-order valence-electron chi connectivity index (χ3n) is 5.90. The van der Waals surface area contributed by atoms with Gasteiger partial charge in [0, 0.05) is 50.5 Å². The Hall–Kier alpha value is -3.68. The number of nitrogens with one attached hydrogen (secondary N) is 2. The van der Waals surface area contributed by atoms with Crippen molar-refractivity contribution in [2.45, 2.75) is 38.4 Å². The number of benzene rings is 2. The summed E-state index contributed by atoms with van der Waals surface area (Å²) in [5.41, 5.74) is 3.86. The molecule has 166 valence electrons. The summed E-state index contributed by atoms with van der Waals surface area (Å²) in [6.45, 7) is 0.631. The first kappa shape index (κ1) is 21.5. The molecule has 0 radical (unpaired) electrons. The van der Waals surface area contributed by atoms with Gasteiger partial charge in [-0.15, -0.1) is 0 Å². The van der Waals surface area contributed by atoms with E-state index in [0.717, 1.165) is 16.8 Å². The summed E-state index contributed by atoms with van der Waals surface area (Å²) in [6, 6.07) is 12.1. The van der Waals surface area contributed by atoms with Crippen molar-refractivity contribution >= 4 is 34.9 Å². The number of hydrogen-bond acceptors (Lipinski definition) is 5. The molecule has 1 aliphatic carbocycles. The number of anilines is 2. The highest BCUT2D eigenvalue weighted by molar-refractivity contribution is 6.07. The molecule has 2 N–H and O–H groups in total. The second-order valence-electron chi connectivity index (χ2n) is 8.41. The van der Waals surface area contributed by atoms with Gasteiger partial charge in [-0.2, -0.15) is 0 Å². The SMILES string of the molecule is CN(C)c1cccc(NC(=O)NCc2ccc3c(c2)C(=O)N(C2CCC(=O)CC2=O)C3)c1. The molecule has 1 saturated carbocycles. The second-order valence-corrected chi connectivity index (χ2v) is 8.41. The van der Waals surface area contributed by atoms with E-state index >= 15 is 0 Å². The number of carbonyl (C=O) groups is 4. The lowest BCUT2D eigenvalue weighted by Crippen LogP contribution is -2.44. The zero-order valence-corrected chi connectivity index (χ0v) is 18.2. The van der Waals surface area contributed by atoms with E-state index in [4.69, 9.17) is 0 Å². The molecule has 1 atom stereocenters. The molecule has 1 fully saturated rings. The van der Waals surface area contributed by atoms with Crippen molar-refractivity contribution in [1.82, 2.24) is 10.2 Å². The van der Waals surface area contributed by atoms with Crippen molar-refractivity contribution in [3.8, 4) is 0 Å². The Morgan fingerprint density at radius 1 is 1.12 bits per heavy atom. The van der Waals surface area contributed by atoms with Gasteiger partial charge in [-0.3, -0.25) is 14.4 Å². The fourth-order valence-corrected chi connectivity index (χ4v) is 4.14. The number of rotatable bonds is 5. The lowest BCUT2D eigenvalue weighted by atomic mass is 9.92. The third-order valence-corrected chi connectivity index (χ3v) is 5.90. The monoisotopic (exact) mass is 434 g/mol. The van der Waals surface area contributed by atoms with Crippen LogP contribution < -0.4 is 15.5 Å². The molecule has 8 nitrogen and oxygen atoms in total. The molecule has 2 aromatic carbocycles. The smallest absolute Gasteiger partial charge is 0.319 e. The summed E-state index contributed by atoms with van der Waals surface area (Å²) in [5, 5.41) is 5.62. The molecule has 1 heterocycles. The predicted octanol–water partition coefficient (Wildman–Crippen LogP) is 2.72. The molecule has 2 aliphatic rings. The van der Waals surface area contributed by atoms with Gasteiger partial charge in [-0.1, -0.05) is 18.2 Å². The first-order chi connectivity index (χ1) is 15.3. The van der Waals surface area contributed by atoms with Gasteiger partial charge in [-0.25, -0.2) is 4.79 Å². The molecule has 4 rings (SSSR count). The molecular weight excluding hydrogens is 408 g/mol. The zero-order chi connectivity index (χ0) is 22.8. The van der Waals surface area contributed by atoms with E-state index in [1.54, 1.807) is 11.0 Å². The largest absolute Gasteiger partial charge is 0.378 e. The van der Waals surface area contributed by atoms with Crippen LogP contribution in [0.25, 0.3) is 0 Å². The van der Waals surface area contributed by atoms with Crippen LogP contribution in [-0.4, -0.2) is 48.5 Å². The molecule has 1 unspecified atom stereocenters. The van der Waals surface area contributed by atoms with Crippen molar-refractivity contribution in [3.05, 3.63) is 59.2 Å². The first-order valence-electron chi connectivity index (χ1n) is 10.6. The Labute approximate surface area is 186 Å². The minimum absolute atomic E-state index is 0.0597. The van der Waals surface area contributed by atoms with Crippen LogP contribution in [0.1, 0.15) is 40.7 Å². The van der Waals surface area contributed by atoms with Crippen LogP contribution in [0, 0.1) is 0 Å². The van der Waals surface area contributed by atoms with E-state index in [1.165, 1.54) is 0 Å². The Morgan fingerprint density at radius 2 is 1.94 bits per heavy atom. The lowest BCUT2D eigenvalue weighted by Gasteiger charge is -2.29. The molecule has 8 heteroatoms. The summed E-state index contributed by atoms with van der Waals surface area (Å²) >= 11 is 0. The molecular formula is C24H26N4O4. The number of nitrogens with zero attached hydrogens (tertiary/aromatic N) is 2. The minimum atomic E-state index is -0.530. The molecule has 0 spiro atoms. The second kappa shape index (κ2) is 8.82. The van der Waals surface area contributed by atoms with Gasteiger partial charge in [0.25, 0.3) is 5.91 Å². The Bertz CT molecular complexity index is 1100. The van der Waals surface area contributed by atoms with E-state index in [1.807, 2.05) is 55.4 Å². The van der Waals surface area contributed by atoms with Crippen molar-refractivity contribution in [2.75, 3.05) is 24.3 Å². The van der Waals surface area contributed by atoms with Crippen LogP contribution >= 0.6 is 0 Å². The van der Waals surface area contributed by atoms with E-state index in [2.05, 4.69) is 10.6 Å². The maximum atomic E-state index is 12.9. The number of fused-ring (bicyclic) bond motifs is 1. The maximum absolute atomic E-state index is 12.9. The highest BCUT2D eigenvalue weighted by Gasteiger charge is 2.38. The molecule has 0 aromatic heterocycles. The summed E-state index contributed by atoms with van der Waals surface area (Å²) in [4.78, 5) is 52.5. The summed E-state index contributed by atoms with van der Waals surface area (Å²) < 4.78 is 0. The van der Waals surface area contributed by atoms with Gasteiger partial charge < -0.3 is 20.4 Å². The lowest BCUT2D eigenvalue weighted by molar-refractivity contribution is -0.133. The van der Waals surface area contributed by atoms with Gasteiger partial charge in [0.1, 0.15) is 5.78 Å². The van der Waals surface area contributed by atoms with Crippen LogP contribution in [0.5, 0.6) is 0 Å². The number of hydrogen-bond donors (Lipinski definition) is 2. The summed E-state index contributed by atoms with van der Waals surface area (Å²) in [7, 11) is 3.86. The highest BCUT2D eigenvalue weighted by atomic mass is 16.2. The average Bonchev–Trinajstić information content (AvgIpc) is 3.08. The highest BCUT2D eigenvalue weighted by Crippen LogP contribution is 2.29. The van der Waals surface area contributed by atoms with Crippen molar-refractivity contribution < 1.29 is 19.2 Å². The number of ketones is 2. The molecule has 3 amide bonds. The molecule has 0 bridgehead atoms. The van der Waals surface area contributed by atoms with Crippen LogP contribution in [0.15, 0.2) is 42.5 Å². The number of carbonyl (C=O) groups excluding carboxylic acids is 4. The predicted molar refractivity (Wildman–Crippen MR) is 121 cm³/mol. The average molecular weight is 434 g/mol. The number of Topliss-reactive ketones (excluding diaryl/α,β-unsaturated/α-hetero) is 2. The third kappa shape index (κ3) is 4.49. The van der Waals surface area contributed by atoms with Gasteiger partial charge in [-0.05, 0) is 41.8 Å². The van der Waals surface area contributed by atoms with Crippen LogP contribution in [0.3, 0.4) is 0 Å². The van der Waals surface area contributed by atoms with Crippen LogP contribution in [-0.2, 0) is 22.7 Å². The van der Waals surface area contributed by atoms with Crippen LogP contribution in [0.2, 0.25) is 0 Å².